The van der Waals surface area contributed by atoms with E-state index in [2.05, 4.69) is 29.4 Å². The van der Waals surface area contributed by atoms with E-state index >= 15 is 0 Å². The molecule has 0 saturated carbocycles. The fraction of sp³-hybridized carbons (Fsp3) is 0.118. The smallest absolute Gasteiger partial charge is 0.190 e. The summed E-state index contributed by atoms with van der Waals surface area (Å²) in [7, 11) is 1.99. The van der Waals surface area contributed by atoms with E-state index in [0.29, 0.717) is 10.0 Å². The van der Waals surface area contributed by atoms with Crippen LogP contribution in [-0.4, -0.2) is 4.57 Å². The molecule has 0 N–H and O–H groups in total. The van der Waals surface area contributed by atoms with Gasteiger partial charge >= 0.3 is 0 Å². The fourth-order valence-electron chi connectivity index (χ4n) is 2.14. The summed E-state index contributed by atoms with van der Waals surface area (Å²) in [6, 6.07) is 13.7. The van der Waals surface area contributed by atoms with E-state index in [1.54, 1.807) is 17.4 Å². The maximum absolute atomic E-state index is 6.30. The van der Waals surface area contributed by atoms with Gasteiger partial charge in [0.1, 0.15) is 0 Å². The van der Waals surface area contributed by atoms with Gasteiger partial charge in [0.25, 0.3) is 0 Å². The summed E-state index contributed by atoms with van der Waals surface area (Å²) in [5.74, 6) is 0. The first-order valence-electron chi connectivity index (χ1n) is 6.76. The summed E-state index contributed by atoms with van der Waals surface area (Å²) in [5, 5.41) is 3.33. The topological polar surface area (TPSA) is 17.3 Å². The minimum absolute atomic E-state index is 0.635. The highest BCUT2D eigenvalue weighted by atomic mass is 35.5. The molecular weight excluding hydrogens is 335 g/mol. The predicted molar refractivity (Wildman–Crippen MR) is 95.1 cm³/mol. The molecule has 2 nitrogen and oxygen atoms in total. The summed E-state index contributed by atoms with van der Waals surface area (Å²) >= 11 is 13.8. The normalized spacial score (nSPS) is 11.9. The molecule has 0 spiro atoms. The zero-order valence-electron chi connectivity index (χ0n) is 12.2. The zero-order chi connectivity index (χ0) is 15.7. The predicted octanol–water partition coefficient (Wildman–Crippen LogP) is 5.60. The van der Waals surface area contributed by atoms with Crippen molar-refractivity contribution in [2.75, 3.05) is 0 Å². The van der Waals surface area contributed by atoms with Crippen LogP contribution in [0.3, 0.4) is 0 Å². The zero-order valence-corrected chi connectivity index (χ0v) is 14.5. The van der Waals surface area contributed by atoms with Crippen LogP contribution < -0.4 is 4.80 Å². The second-order valence-corrected chi connectivity index (χ2v) is 6.71. The lowest BCUT2D eigenvalue weighted by atomic mass is 10.2. The molecular formula is C17H14Cl2N2S. The van der Waals surface area contributed by atoms with Crippen LogP contribution in [-0.2, 0) is 7.05 Å². The van der Waals surface area contributed by atoms with Crippen molar-refractivity contribution in [3.05, 3.63) is 68.3 Å². The molecule has 22 heavy (non-hydrogen) atoms. The van der Waals surface area contributed by atoms with Crippen molar-refractivity contribution in [1.29, 1.82) is 0 Å². The van der Waals surface area contributed by atoms with E-state index in [1.807, 2.05) is 35.9 Å². The van der Waals surface area contributed by atoms with Crippen molar-refractivity contribution >= 4 is 40.2 Å². The first-order chi connectivity index (χ1) is 10.5. The standard InChI is InChI=1S/C17H14Cl2N2S/c1-11-3-6-13(7-4-11)20-17-21(2)16(10-22-17)14-8-5-12(18)9-15(14)19/h3-10H,1-2H3. The van der Waals surface area contributed by atoms with E-state index in [1.165, 1.54) is 5.56 Å². The van der Waals surface area contributed by atoms with E-state index < -0.39 is 0 Å². The molecule has 0 fully saturated rings. The molecule has 3 rings (SSSR count). The molecule has 112 valence electrons. The minimum atomic E-state index is 0.635. The van der Waals surface area contributed by atoms with Crippen LogP contribution in [0.15, 0.2) is 52.8 Å². The molecule has 0 unspecified atom stereocenters. The Kier molecular flexibility index (Phi) is 4.39. The first kappa shape index (κ1) is 15.3. The average Bonchev–Trinajstić information content (AvgIpc) is 2.83. The fourth-order valence-corrected chi connectivity index (χ4v) is 3.56. The van der Waals surface area contributed by atoms with Crippen molar-refractivity contribution in [2.24, 2.45) is 12.0 Å². The van der Waals surface area contributed by atoms with Crippen LogP contribution in [0.1, 0.15) is 5.56 Å². The lowest BCUT2D eigenvalue weighted by Gasteiger charge is -2.05. The van der Waals surface area contributed by atoms with Gasteiger partial charge in [-0.05, 0) is 37.3 Å². The van der Waals surface area contributed by atoms with Gasteiger partial charge in [0.2, 0.25) is 0 Å². The van der Waals surface area contributed by atoms with E-state index in [4.69, 9.17) is 23.2 Å². The van der Waals surface area contributed by atoms with Crippen molar-refractivity contribution in [1.82, 2.24) is 4.57 Å². The number of hydrogen-bond acceptors (Lipinski definition) is 2. The molecule has 0 aliphatic rings. The maximum Gasteiger partial charge on any atom is 0.190 e. The summed E-state index contributed by atoms with van der Waals surface area (Å²) in [5.41, 5.74) is 4.15. The van der Waals surface area contributed by atoms with E-state index in [9.17, 15) is 0 Å². The van der Waals surface area contributed by atoms with Crippen molar-refractivity contribution in [3.63, 3.8) is 0 Å². The Morgan fingerprint density at radius 1 is 1.05 bits per heavy atom. The Morgan fingerprint density at radius 2 is 1.77 bits per heavy atom. The highest BCUT2D eigenvalue weighted by Crippen LogP contribution is 2.30. The molecule has 0 aliphatic heterocycles. The largest absolute Gasteiger partial charge is 0.319 e. The van der Waals surface area contributed by atoms with Crippen molar-refractivity contribution in [3.8, 4) is 11.3 Å². The molecule has 5 heteroatoms. The summed E-state index contributed by atoms with van der Waals surface area (Å²) < 4.78 is 2.04. The van der Waals surface area contributed by atoms with Crippen LogP contribution in [0.5, 0.6) is 0 Å². The van der Waals surface area contributed by atoms with Crippen LogP contribution in [0.25, 0.3) is 11.3 Å². The molecule has 0 aliphatic carbocycles. The molecule has 3 aromatic rings. The monoisotopic (exact) mass is 348 g/mol. The maximum atomic E-state index is 6.30. The molecule has 1 heterocycles. The number of aryl methyl sites for hydroxylation is 1. The van der Waals surface area contributed by atoms with Crippen LogP contribution in [0.2, 0.25) is 10.0 Å². The summed E-state index contributed by atoms with van der Waals surface area (Å²) in [6.45, 7) is 2.07. The SMILES string of the molecule is Cc1ccc(N=c2scc(-c3ccc(Cl)cc3Cl)n2C)cc1. The Bertz CT molecular complexity index is 876. The molecule has 2 aromatic carbocycles. The molecule has 0 radical (unpaired) electrons. The average molecular weight is 349 g/mol. The second kappa shape index (κ2) is 6.29. The van der Waals surface area contributed by atoms with Gasteiger partial charge in [-0.3, -0.25) is 0 Å². The lowest BCUT2D eigenvalue weighted by molar-refractivity contribution is 0.883. The molecule has 1 aromatic heterocycles. The number of rotatable bonds is 2. The first-order valence-corrected chi connectivity index (χ1v) is 8.39. The van der Waals surface area contributed by atoms with Crippen molar-refractivity contribution < 1.29 is 0 Å². The highest BCUT2D eigenvalue weighted by molar-refractivity contribution is 7.07. The quantitative estimate of drug-likeness (QED) is 0.573. The molecule has 0 bridgehead atoms. The summed E-state index contributed by atoms with van der Waals surface area (Å²) in [6.07, 6.45) is 0. The number of halogens is 2. The van der Waals surface area contributed by atoms with Crippen LogP contribution in [0, 0.1) is 6.92 Å². The Morgan fingerprint density at radius 3 is 2.45 bits per heavy atom. The summed E-state index contributed by atoms with van der Waals surface area (Å²) in [4.78, 5) is 5.61. The van der Waals surface area contributed by atoms with Gasteiger partial charge in [-0.2, -0.15) is 0 Å². The number of hydrogen-bond donors (Lipinski definition) is 0. The third-order valence-corrected chi connectivity index (χ3v) is 4.85. The third-order valence-electron chi connectivity index (χ3n) is 3.39. The number of benzene rings is 2. The number of nitrogens with zero attached hydrogens (tertiary/aromatic N) is 2. The molecule has 0 atom stereocenters. The van der Waals surface area contributed by atoms with Crippen molar-refractivity contribution in [2.45, 2.75) is 6.92 Å². The van der Waals surface area contributed by atoms with Gasteiger partial charge in [-0.1, -0.05) is 40.9 Å². The van der Waals surface area contributed by atoms with Crippen LogP contribution in [0.4, 0.5) is 5.69 Å². The van der Waals surface area contributed by atoms with E-state index in [0.717, 1.165) is 21.7 Å². The Hall–Kier alpha value is -1.55. The van der Waals surface area contributed by atoms with Gasteiger partial charge in [0.05, 0.1) is 16.4 Å². The van der Waals surface area contributed by atoms with Gasteiger partial charge in [-0.15, -0.1) is 11.3 Å². The number of aromatic nitrogens is 1. The third kappa shape index (κ3) is 3.12. The minimum Gasteiger partial charge on any atom is -0.319 e. The van der Waals surface area contributed by atoms with Gasteiger partial charge in [-0.25, -0.2) is 4.99 Å². The second-order valence-electron chi connectivity index (χ2n) is 5.03. The van der Waals surface area contributed by atoms with Gasteiger partial charge in [0, 0.05) is 23.0 Å². The van der Waals surface area contributed by atoms with E-state index in [-0.39, 0.29) is 0 Å². The van der Waals surface area contributed by atoms with Crippen LogP contribution >= 0.6 is 34.5 Å². The molecule has 0 saturated heterocycles. The highest BCUT2D eigenvalue weighted by Gasteiger charge is 2.09. The Labute approximate surface area is 143 Å². The number of thiazole rings is 1. The molecule has 0 amide bonds. The van der Waals surface area contributed by atoms with Gasteiger partial charge in [0.15, 0.2) is 4.80 Å². The van der Waals surface area contributed by atoms with Gasteiger partial charge < -0.3 is 4.57 Å². The lowest BCUT2D eigenvalue weighted by Crippen LogP contribution is -2.10. The Balaban J connectivity index is 2.07.